The SMILES string of the molecule is CCN1CCCN(C(=O)C(O)(c2ccccc2)c2ccccc2)CC1. The van der Waals surface area contributed by atoms with Crippen molar-refractivity contribution in [3.05, 3.63) is 71.8 Å². The zero-order chi connectivity index (χ0) is 17.7. The molecule has 1 aliphatic rings. The number of carbonyl (C=O) groups excluding carboxylic acids is 1. The van der Waals surface area contributed by atoms with Gasteiger partial charge in [-0.05, 0) is 30.6 Å². The van der Waals surface area contributed by atoms with E-state index in [1.165, 1.54) is 0 Å². The van der Waals surface area contributed by atoms with Gasteiger partial charge in [0.2, 0.25) is 0 Å². The number of carbonyl (C=O) groups is 1. The number of aliphatic hydroxyl groups is 1. The second-order valence-corrected chi connectivity index (χ2v) is 6.52. The van der Waals surface area contributed by atoms with Crippen molar-refractivity contribution >= 4 is 5.91 Å². The predicted molar refractivity (Wildman–Crippen MR) is 99.2 cm³/mol. The lowest BCUT2D eigenvalue weighted by atomic mass is 9.85. The molecule has 2 aromatic rings. The summed E-state index contributed by atoms with van der Waals surface area (Å²) < 4.78 is 0. The summed E-state index contributed by atoms with van der Waals surface area (Å²) in [6, 6.07) is 18.5. The average molecular weight is 338 g/mol. The second kappa shape index (κ2) is 7.81. The monoisotopic (exact) mass is 338 g/mol. The molecule has 0 atom stereocenters. The first-order chi connectivity index (χ1) is 12.2. The molecule has 0 saturated carbocycles. The van der Waals surface area contributed by atoms with Gasteiger partial charge >= 0.3 is 0 Å². The standard InChI is InChI=1S/C21H26N2O2/c1-2-22-14-9-15-23(17-16-22)20(24)21(25,18-10-5-3-6-11-18)19-12-7-4-8-13-19/h3-8,10-13,25H,2,9,14-17H2,1H3. The molecule has 1 fully saturated rings. The van der Waals surface area contributed by atoms with Crippen molar-refractivity contribution in [1.82, 2.24) is 9.80 Å². The Morgan fingerprint density at radius 3 is 2.00 bits per heavy atom. The first kappa shape index (κ1) is 17.6. The van der Waals surface area contributed by atoms with Gasteiger partial charge in [0.25, 0.3) is 5.91 Å². The maximum atomic E-state index is 13.4. The van der Waals surface area contributed by atoms with Crippen molar-refractivity contribution in [1.29, 1.82) is 0 Å². The molecule has 1 amide bonds. The van der Waals surface area contributed by atoms with Crippen molar-refractivity contribution in [2.45, 2.75) is 18.9 Å². The number of likely N-dealkylation sites (N-methyl/N-ethyl adjacent to an activating group) is 1. The Kier molecular flexibility index (Phi) is 5.51. The average Bonchev–Trinajstić information content (AvgIpc) is 2.93. The van der Waals surface area contributed by atoms with Crippen LogP contribution in [0.2, 0.25) is 0 Å². The summed E-state index contributed by atoms with van der Waals surface area (Å²) >= 11 is 0. The van der Waals surface area contributed by atoms with Gasteiger partial charge in [0.15, 0.2) is 5.60 Å². The van der Waals surface area contributed by atoms with Gasteiger partial charge in [-0.2, -0.15) is 0 Å². The summed E-state index contributed by atoms with van der Waals surface area (Å²) in [6.45, 7) is 6.30. The van der Waals surface area contributed by atoms with Gasteiger partial charge in [-0.3, -0.25) is 4.79 Å². The minimum absolute atomic E-state index is 0.233. The van der Waals surface area contributed by atoms with E-state index in [1.54, 1.807) is 0 Å². The minimum atomic E-state index is -1.65. The van der Waals surface area contributed by atoms with Gasteiger partial charge in [-0.15, -0.1) is 0 Å². The summed E-state index contributed by atoms with van der Waals surface area (Å²) in [6.07, 6.45) is 0.930. The lowest BCUT2D eigenvalue weighted by Crippen LogP contribution is -2.49. The van der Waals surface area contributed by atoms with Crippen molar-refractivity contribution in [3.8, 4) is 0 Å². The zero-order valence-electron chi connectivity index (χ0n) is 14.8. The third-order valence-electron chi connectivity index (χ3n) is 5.02. The van der Waals surface area contributed by atoms with Crippen LogP contribution >= 0.6 is 0 Å². The molecule has 0 aromatic heterocycles. The van der Waals surface area contributed by atoms with Crippen LogP contribution in [0.3, 0.4) is 0 Å². The van der Waals surface area contributed by atoms with Gasteiger partial charge in [-0.25, -0.2) is 0 Å². The number of nitrogens with zero attached hydrogens (tertiary/aromatic N) is 2. The highest BCUT2D eigenvalue weighted by Gasteiger charge is 2.42. The highest BCUT2D eigenvalue weighted by molar-refractivity contribution is 5.90. The van der Waals surface area contributed by atoms with Crippen LogP contribution in [0.25, 0.3) is 0 Å². The number of benzene rings is 2. The van der Waals surface area contributed by atoms with E-state index < -0.39 is 5.60 Å². The third-order valence-corrected chi connectivity index (χ3v) is 5.02. The Bertz CT molecular complexity index is 648. The van der Waals surface area contributed by atoms with E-state index in [-0.39, 0.29) is 5.91 Å². The fourth-order valence-electron chi connectivity index (χ4n) is 3.49. The first-order valence-electron chi connectivity index (χ1n) is 9.01. The molecule has 2 aromatic carbocycles. The van der Waals surface area contributed by atoms with Crippen LogP contribution in [-0.2, 0) is 10.4 Å². The molecule has 0 bridgehead atoms. The fourth-order valence-corrected chi connectivity index (χ4v) is 3.49. The number of hydrogen-bond donors (Lipinski definition) is 1. The number of amides is 1. The second-order valence-electron chi connectivity index (χ2n) is 6.52. The van der Waals surface area contributed by atoms with Crippen LogP contribution < -0.4 is 0 Å². The highest BCUT2D eigenvalue weighted by Crippen LogP contribution is 2.32. The number of hydrogen-bond acceptors (Lipinski definition) is 3. The summed E-state index contributed by atoms with van der Waals surface area (Å²) in [4.78, 5) is 17.6. The molecule has 25 heavy (non-hydrogen) atoms. The lowest BCUT2D eigenvalue weighted by molar-refractivity contribution is -0.148. The van der Waals surface area contributed by atoms with Crippen LogP contribution in [0.4, 0.5) is 0 Å². The van der Waals surface area contributed by atoms with E-state index in [1.807, 2.05) is 65.6 Å². The maximum Gasteiger partial charge on any atom is 0.264 e. The molecule has 0 unspecified atom stereocenters. The molecule has 1 N–H and O–H groups in total. The maximum absolute atomic E-state index is 13.4. The predicted octanol–water partition coefficient (Wildman–Crippen LogP) is 2.48. The fraction of sp³-hybridized carbons (Fsp3) is 0.381. The molecule has 3 rings (SSSR count). The van der Waals surface area contributed by atoms with Gasteiger partial charge < -0.3 is 14.9 Å². The minimum Gasteiger partial charge on any atom is -0.372 e. The number of rotatable bonds is 4. The normalized spacial score (nSPS) is 16.5. The lowest BCUT2D eigenvalue weighted by Gasteiger charge is -2.33. The first-order valence-corrected chi connectivity index (χ1v) is 9.01. The van der Waals surface area contributed by atoms with E-state index in [9.17, 15) is 9.90 Å². The van der Waals surface area contributed by atoms with Crippen molar-refractivity contribution in [2.24, 2.45) is 0 Å². The topological polar surface area (TPSA) is 43.8 Å². The van der Waals surface area contributed by atoms with Gasteiger partial charge in [0.1, 0.15) is 0 Å². The molecule has 1 heterocycles. The van der Waals surface area contributed by atoms with Crippen molar-refractivity contribution in [2.75, 3.05) is 32.7 Å². The molecule has 1 saturated heterocycles. The smallest absolute Gasteiger partial charge is 0.264 e. The van der Waals surface area contributed by atoms with E-state index >= 15 is 0 Å². The van der Waals surface area contributed by atoms with E-state index in [0.29, 0.717) is 24.2 Å². The van der Waals surface area contributed by atoms with Crippen LogP contribution in [0, 0.1) is 0 Å². The quantitative estimate of drug-likeness (QED) is 0.931. The molecule has 0 spiro atoms. The Morgan fingerprint density at radius 2 is 1.48 bits per heavy atom. The van der Waals surface area contributed by atoms with Crippen LogP contribution in [0.5, 0.6) is 0 Å². The molecule has 0 radical (unpaired) electrons. The molecule has 1 aliphatic heterocycles. The van der Waals surface area contributed by atoms with Gasteiger partial charge in [0.05, 0.1) is 0 Å². The molecular formula is C21H26N2O2. The van der Waals surface area contributed by atoms with Crippen LogP contribution in [0.1, 0.15) is 24.5 Å². The van der Waals surface area contributed by atoms with E-state index in [0.717, 1.165) is 26.1 Å². The van der Waals surface area contributed by atoms with Crippen LogP contribution in [0.15, 0.2) is 60.7 Å². The molecule has 4 nitrogen and oxygen atoms in total. The highest BCUT2D eigenvalue weighted by atomic mass is 16.3. The van der Waals surface area contributed by atoms with Gasteiger partial charge in [0, 0.05) is 19.6 Å². The van der Waals surface area contributed by atoms with Gasteiger partial charge in [-0.1, -0.05) is 67.6 Å². The van der Waals surface area contributed by atoms with Crippen molar-refractivity contribution in [3.63, 3.8) is 0 Å². The molecule has 0 aliphatic carbocycles. The summed E-state index contributed by atoms with van der Waals surface area (Å²) in [5.74, 6) is -0.233. The Balaban J connectivity index is 1.96. The molecule has 4 heteroatoms. The summed E-state index contributed by atoms with van der Waals surface area (Å²) in [5, 5.41) is 11.6. The van der Waals surface area contributed by atoms with E-state index in [2.05, 4.69) is 11.8 Å². The molecular weight excluding hydrogens is 312 g/mol. The summed E-state index contributed by atoms with van der Waals surface area (Å²) in [5.41, 5.74) is -0.422. The third kappa shape index (κ3) is 3.60. The summed E-state index contributed by atoms with van der Waals surface area (Å²) in [7, 11) is 0. The van der Waals surface area contributed by atoms with Crippen LogP contribution in [-0.4, -0.2) is 53.5 Å². The zero-order valence-corrected chi connectivity index (χ0v) is 14.8. The molecule has 132 valence electrons. The Hall–Kier alpha value is -2.17. The van der Waals surface area contributed by atoms with Crippen molar-refractivity contribution < 1.29 is 9.90 Å². The Labute approximate surface area is 149 Å². The van der Waals surface area contributed by atoms with E-state index in [4.69, 9.17) is 0 Å². The Morgan fingerprint density at radius 1 is 0.920 bits per heavy atom. The largest absolute Gasteiger partial charge is 0.372 e.